The molecule has 0 atom stereocenters. The highest BCUT2D eigenvalue weighted by atomic mass is 32.2. The molecule has 13 heavy (non-hydrogen) atoms. The summed E-state index contributed by atoms with van der Waals surface area (Å²) < 4.78 is 26.1. The van der Waals surface area contributed by atoms with Crippen LogP contribution in [0.4, 0.5) is 0 Å². The van der Waals surface area contributed by atoms with Crippen molar-refractivity contribution in [3.8, 4) is 0 Å². The first kappa shape index (κ1) is 12.3. The summed E-state index contributed by atoms with van der Waals surface area (Å²) >= 11 is 0. The molecular weight excluding hydrogens is 192 g/mol. The van der Waals surface area contributed by atoms with Gasteiger partial charge in [-0.1, -0.05) is 6.58 Å². The van der Waals surface area contributed by atoms with Crippen LogP contribution in [-0.4, -0.2) is 26.1 Å². The van der Waals surface area contributed by atoms with E-state index in [1.807, 2.05) is 0 Å². The third-order valence-corrected chi connectivity index (χ3v) is 2.01. The van der Waals surface area contributed by atoms with Crippen LogP contribution >= 0.6 is 0 Å². The zero-order valence-corrected chi connectivity index (χ0v) is 9.06. The normalized spacial score (nSPS) is 12.6. The Bertz CT molecular complexity index is 324. The second kappa shape index (κ2) is 3.59. The number of carbonyl (C=O) groups is 1. The van der Waals surface area contributed by atoms with E-state index < -0.39 is 21.5 Å². The highest BCUT2D eigenvalue weighted by Gasteiger charge is 2.32. The number of ketones is 1. The summed E-state index contributed by atoms with van der Waals surface area (Å²) in [4.78, 5) is 11.4. The van der Waals surface area contributed by atoms with Crippen LogP contribution in [0.3, 0.4) is 0 Å². The van der Waals surface area contributed by atoms with Gasteiger partial charge in [0.05, 0.1) is 6.26 Å². The first-order chi connectivity index (χ1) is 5.56. The molecule has 0 saturated carbocycles. The molecule has 0 aromatic carbocycles. The molecule has 0 saturated heterocycles. The topological polar surface area (TPSA) is 60.4 Å². The first-order valence-corrected chi connectivity index (χ1v) is 5.49. The van der Waals surface area contributed by atoms with E-state index in [0.29, 0.717) is 0 Å². The molecular formula is C8H14O4S. The van der Waals surface area contributed by atoms with E-state index in [4.69, 9.17) is 0 Å². The molecule has 0 heterocycles. The second-order valence-electron chi connectivity index (χ2n) is 3.41. The van der Waals surface area contributed by atoms with Crippen LogP contribution in [0.15, 0.2) is 12.2 Å². The smallest absolute Gasteiger partial charge is 0.265 e. The summed E-state index contributed by atoms with van der Waals surface area (Å²) in [6, 6.07) is 0. The van der Waals surface area contributed by atoms with Gasteiger partial charge in [-0.3, -0.25) is 8.98 Å². The van der Waals surface area contributed by atoms with Crippen LogP contribution in [0.5, 0.6) is 0 Å². The molecule has 5 heteroatoms. The summed E-state index contributed by atoms with van der Waals surface area (Å²) in [5.74, 6) is -0.419. The SMILES string of the molecule is C=C(C)C(=O)C(C)(C)OS(C)(=O)=O. The quantitative estimate of drug-likeness (QED) is 0.506. The highest BCUT2D eigenvalue weighted by molar-refractivity contribution is 7.86. The molecule has 0 spiro atoms. The third kappa shape index (κ3) is 4.19. The van der Waals surface area contributed by atoms with Gasteiger partial charge >= 0.3 is 0 Å². The lowest BCUT2D eigenvalue weighted by atomic mass is 9.99. The average Bonchev–Trinajstić information content (AvgIpc) is 1.80. The number of Topliss-reactive ketones (excluding diaryl/α,β-unsaturated/α-hetero) is 1. The summed E-state index contributed by atoms with van der Waals surface area (Å²) in [5.41, 5.74) is -1.09. The van der Waals surface area contributed by atoms with Gasteiger partial charge in [-0.15, -0.1) is 0 Å². The molecule has 0 aliphatic rings. The van der Waals surface area contributed by atoms with E-state index in [1.165, 1.54) is 20.8 Å². The number of rotatable bonds is 4. The minimum atomic E-state index is -3.62. The van der Waals surface area contributed by atoms with Crippen LogP contribution in [0.25, 0.3) is 0 Å². The van der Waals surface area contributed by atoms with Crippen LogP contribution in [0, 0.1) is 0 Å². The van der Waals surface area contributed by atoms with Crippen LogP contribution in [0.2, 0.25) is 0 Å². The van der Waals surface area contributed by atoms with Gasteiger partial charge in [0, 0.05) is 0 Å². The van der Waals surface area contributed by atoms with Crippen molar-refractivity contribution in [2.24, 2.45) is 0 Å². The van der Waals surface area contributed by atoms with Crippen molar-refractivity contribution in [3.05, 3.63) is 12.2 Å². The lowest BCUT2D eigenvalue weighted by Gasteiger charge is -2.21. The number of hydrogen-bond donors (Lipinski definition) is 0. The summed E-state index contributed by atoms with van der Waals surface area (Å²) in [6.45, 7) is 7.72. The maximum atomic E-state index is 11.4. The second-order valence-corrected chi connectivity index (χ2v) is 4.98. The predicted octanol–water partition coefficient (Wildman–Crippen LogP) is 0.886. The fraction of sp³-hybridized carbons (Fsp3) is 0.625. The van der Waals surface area contributed by atoms with Crippen LogP contribution in [-0.2, 0) is 19.1 Å². The number of carbonyl (C=O) groups excluding carboxylic acids is 1. The molecule has 0 N–H and O–H groups in total. The maximum Gasteiger partial charge on any atom is 0.265 e. The standard InChI is InChI=1S/C8H14O4S/c1-6(2)7(9)8(3,4)12-13(5,10)11/h1H2,2-5H3. The van der Waals surface area contributed by atoms with E-state index in [-0.39, 0.29) is 5.57 Å². The molecule has 0 radical (unpaired) electrons. The molecule has 0 aromatic heterocycles. The Morgan fingerprint density at radius 3 is 2.00 bits per heavy atom. The van der Waals surface area contributed by atoms with Gasteiger partial charge in [0.15, 0.2) is 5.78 Å². The molecule has 0 aromatic rings. The van der Waals surface area contributed by atoms with Crippen LogP contribution < -0.4 is 0 Å². The van der Waals surface area contributed by atoms with E-state index in [2.05, 4.69) is 10.8 Å². The zero-order chi connectivity index (χ0) is 10.9. The lowest BCUT2D eigenvalue weighted by molar-refractivity contribution is -0.127. The van der Waals surface area contributed by atoms with Crippen molar-refractivity contribution in [2.75, 3.05) is 6.26 Å². The minimum Gasteiger partial charge on any atom is -0.291 e. The fourth-order valence-electron chi connectivity index (χ4n) is 0.930. The Balaban J connectivity index is 4.79. The third-order valence-electron chi connectivity index (χ3n) is 1.29. The molecule has 0 aliphatic heterocycles. The van der Waals surface area contributed by atoms with Gasteiger partial charge in [0.25, 0.3) is 10.1 Å². The number of hydrogen-bond acceptors (Lipinski definition) is 4. The van der Waals surface area contributed by atoms with Crippen molar-refractivity contribution in [1.29, 1.82) is 0 Å². The summed E-state index contributed by atoms with van der Waals surface area (Å²) in [6.07, 6.45) is 0.903. The van der Waals surface area contributed by atoms with Crippen LogP contribution in [0.1, 0.15) is 20.8 Å². The van der Waals surface area contributed by atoms with Crippen molar-refractivity contribution in [2.45, 2.75) is 26.4 Å². The van der Waals surface area contributed by atoms with Gasteiger partial charge in [-0.25, -0.2) is 0 Å². The van der Waals surface area contributed by atoms with Gasteiger partial charge in [0.1, 0.15) is 5.60 Å². The molecule has 0 aliphatic carbocycles. The maximum absolute atomic E-state index is 11.4. The zero-order valence-electron chi connectivity index (χ0n) is 8.25. The fourth-order valence-corrected chi connectivity index (χ4v) is 1.76. The lowest BCUT2D eigenvalue weighted by Crippen LogP contribution is -2.37. The highest BCUT2D eigenvalue weighted by Crippen LogP contribution is 2.17. The molecule has 4 nitrogen and oxygen atoms in total. The Labute approximate surface area is 78.7 Å². The molecule has 0 unspecified atom stereocenters. The van der Waals surface area contributed by atoms with Crippen molar-refractivity contribution < 1.29 is 17.4 Å². The predicted molar refractivity (Wildman–Crippen MR) is 49.8 cm³/mol. The molecule has 0 fully saturated rings. The van der Waals surface area contributed by atoms with E-state index in [9.17, 15) is 13.2 Å². The van der Waals surface area contributed by atoms with Gasteiger partial charge < -0.3 is 0 Å². The Hall–Kier alpha value is -0.680. The Morgan fingerprint density at radius 1 is 1.38 bits per heavy atom. The summed E-state index contributed by atoms with van der Waals surface area (Å²) in [7, 11) is -3.62. The van der Waals surface area contributed by atoms with E-state index in [0.717, 1.165) is 6.26 Å². The molecule has 0 amide bonds. The van der Waals surface area contributed by atoms with Gasteiger partial charge in [0.2, 0.25) is 0 Å². The summed E-state index contributed by atoms with van der Waals surface area (Å²) in [5, 5.41) is 0. The van der Waals surface area contributed by atoms with E-state index in [1.54, 1.807) is 0 Å². The molecule has 0 bridgehead atoms. The van der Waals surface area contributed by atoms with Crippen molar-refractivity contribution in [1.82, 2.24) is 0 Å². The average molecular weight is 206 g/mol. The largest absolute Gasteiger partial charge is 0.291 e. The Kier molecular flexibility index (Phi) is 3.40. The first-order valence-electron chi connectivity index (χ1n) is 3.67. The molecule has 76 valence electrons. The monoisotopic (exact) mass is 206 g/mol. The molecule has 0 rings (SSSR count). The van der Waals surface area contributed by atoms with Gasteiger partial charge in [-0.05, 0) is 26.3 Å². The van der Waals surface area contributed by atoms with E-state index >= 15 is 0 Å². The Morgan fingerprint density at radius 2 is 1.77 bits per heavy atom. The minimum absolute atomic E-state index is 0.272. The van der Waals surface area contributed by atoms with Crippen molar-refractivity contribution in [3.63, 3.8) is 0 Å². The van der Waals surface area contributed by atoms with Gasteiger partial charge in [-0.2, -0.15) is 8.42 Å². The van der Waals surface area contributed by atoms with Crippen molar-refractivity contribution >= 4 is 15.9 Å².